The maximum Gasteiger partial charge on any atom is 0.460 e. The van der Waals surface area contributed by atoms with E-state index in [0.29, 0.717) is 24.7 Å². The molecule has 10 heteroatoms. The molecule has 0 radical (unpaired) electrons. The molecule has 48 heavy (non-hydrogen) atoms. The van der Waals surface area contributed by atoms with Crippen LogP contribution in [0.1, 0.15) is 72.9 Å². The van der Waals surface area contributed by atoms with E-state index in [1.54, 1.807) is 37.4 Å². The van der Waals surface area contributed by atoms with Crippen molar-refractivity contribution in [1.82, 2.24) is 0 Å². The van der Waals surface area contributed by atoms with Gasteiger partial charge >= 0.3 is 20.5 Å². The zero-order valence-corrected chi connectivity index (χ0v) is 29.5. The number of benzene rings is 4. The van der Waals surface area contributed by atoms with Crippen LogP contribution in [0.4, 0.5) is 0 Å². The summed E-state index contributed by atoms with van der Waals surface area (Å²) in [5.74, 6) is -0.539. The molecular formula is C38H35O7PS2. The number of ether oxygens (including phenoxy) is 2. The van der Waals surface area contributed by atoms with Crippen LogP contribution in [0.25, 0.3) is 23.7 Å². The third-order valence-electron chi connectivity index (χ3n) is 8.02. The minimum absolute atomic E-state index is 0.283. The van der Waals surface area contributed by atoms with Crippen molar-refractivity contribution in [3.05, 3.63) is 118 Å². The molecule has 0 aromatic heterocycles. The lowest BCUT2D eigenvalue weighted by atomic mass is 9.98. The van der Waals surface area contributed by atoms with Crippen molar-refractivity contribution in [3.8, 4) is 0 Å². The summed E-state index contributed by atoms with van der Waals surface area (Å²) in [6.45, 7) is 7.88. The normalized spacial score (nSPS) is 14.9. The Bertz CT molecular complexity index is 1780. The molecule has 2 aliphatic heterocycles. The van der Waals surface area contributed by atoms with Crippen molar-refractivity contribution < 1.29 is 33.0 Å². The first-order chi connectivity index (χ1) is 23.2. The molecule has 246 valence electrons. The summed E-state index contributed by atoms with van der Waals surface area (Å²) in [7, 11) is -2.45. The molecule has 2 unspecified atom stereocenters. The molecule has 0 saturated carbocycles. The quantitative estimate of drug-likeness (QED) is 0.128. The van der Waals surface area contributed by atoms with Gasteiger partial charge in [-0.25, -0.2) is 0 Å². The van der Waals surface area contributed by atoms with Crippen molar-refractivity contribution in [1.29, 1.82) is 0 Å². The summed E-state index contributed by atoms with van der Waals surface area (Å²) in [5, 5.41) is 0. The van der Waals surface area contributed by atoms with E-state index in [0.717, 1.165) is 53.0 Å². The zero-order chi connectivity index (χ0) is 33.8. The van der Waals surface area contributed by atoms with E-state index in [2.05, 4.69) is 0 Å². The summed E-state index contributed by atoms with van der Waals surface area (Å²) < 4.78 is 23.0. The van der Waals surface area contributed by atoms with Crippen molar-refractivity contribution in [3.63, 3.8) is 0 Å². The fraction of sp³-hybridized carbons (Fsp3) is 0.211. The molecule has 2 heterocycles. The van der Waals surface area contributed by atoms with Crippen LogP contribution in [0, 0.1) is 0 Å². The molecule has 0 fully saturated rings. The first-order valence-corrected chi connectivity index (χ1v) is 18.5. The van der Waals surface area contributed by atoms with Gasteiger partial charge in [-0.3, -0.25) is 9.59 Å². The van der Waals surface area contributed by atoms with Gasteiger partial charge in [0.1, 0.15) is 11.5 Å². The standard InChI is InChI=1S/C38H35O7PS2/c1-5-42-37(39)23(3)25-15-17-33-27(19-25)21-31(29-11-7-9-13-35(29)47-33)44-46(41)45-32-22-28-20-26(24(4)38(40)43-6-2)16-18-34(28)48-36-14-10-8-12-30(32)36/h7-24,41H,5-6H2,1-4H3. The van der Waals surface area contributed by atoms with Crippen LogP contribution in [-0.4, -0.2) is 30.0 Å². The molecule has 4 aromatic rings. The largest absolute Gasteiger partial charge is 0.466 e. The highest BCUT2D eigenvalue weighted by Crippen LogP contribution is 2.51. The van der Waals surface area contributed by atoms with Gasteiger partial charge in [0.2, 0.25) is 0 Å². The Labute approximate surface area is 290 Å². The molecule has 0 amide bonds. The molecule has 7 nitrogen and oxygen atoms in total. The number of carbonyl (C=O) groups is 2. The van der Waals surface area contributed by atoms with Crippen molar-refractivity contribution in [2.24, 2.45) is 0 Å². The highest BCUT2D eigenvalue weighted by molar-refractivity contribution is 7.99. The molecule has 0 bridgehead atoms. The van der Waals surface area contributed by atoms with Crippen LogP contribution in [0.3, 0.4) is 0 Å². The lowest BCUT2D eigenvalue weighted by Gasteiger charge is -2.18. The maximum absolute atomic E-state index is 12.5. The summed E-state index contributed by atoms with van der Waals surface area (Å²) in [4.78, 5) is 40.4. The van der Waals surface area contributed by atoms with Crippen molar-refractivity contribution in [2.75, 3.05) is 13.2 Å². The fourth-order valence-corrected chi connectivity index (χ4v) is 8.17. The highest BCUT2D eigenvalue weighted by Gasteiger charge is 2.26. The summed E-state index contributed by atoms with van der Waals surface area (Å²) in [6.07, 6.45) is 3.77. The number of hydrogen-bond donors (Lipinski definition) is 1. The monoisotopic (exact) mass is 698 g/mol. The topological polar surface area (TPSA) is 91.3 Å². The SMILES string of the molecule is CCOC(=O)C(C)c1ccc2c(c1)C=C(OP(O)OC1=Cc3cc(C(C)C(=O)OCC)ccc3Sc3ccccc31)c1ccccc1S2. The van der Waals surface area contributed by atoms with Gasteiger partial charge in [0.05, 0.1) is 25.0 Å². The maximum atomic E-state index is 12.5. The van der Waals surface area contributed by atoms with Gasteiger partial charge in [-0.1, -0.05) is 72.1 Å². The molecule has 2 aliphatic rings. The number of hydrogen-bond acceptors (Lipinski definition) is 9. The van der Waals surface area contributed by atoms with Crippen LogP contribution in [0.15, 0.2) is 105 Å². The minimum atomic E-state index is -2.45. The second kappa shape index (κ2) is 15.0. The smallest absolute Gasteiger partial charge is 0.460 e. The third-order valence-corrected chi connectivity index (χ3v) is 11.1. The molecule has 0 aliphatic carbocycles. The first kappa shape index (κ1) is 33.9. The molecule has 2 atom stereocenters. The summed E-state index contributed by atoms with van der Waals surface area (Å²) in [6, 6.07) is 27.5. The Balaban J connectivity index is 1.33. The van der Waals surface area contributed by atoms with Crippen LogP contribution in [-0.2, 0) is 28.1 Å². The summed E-state index contributed by atoms with van der Waals surface area (Å²) in [5.41, 5.74) is 5.00. The van der Waals surface area contributed by atoms with Crippen LogP contribution in [0.5, 0.6) is 0 Å². The number of esters is 2. The second-order valence-corrected chi connectivity index (χ2v) is 14.2. The second-order valence-electron chi connectivity index (χ2n) is 11.2. The molecule has 1 N–H and O–H groups in total. The molecule has 0 saturated heterocycles. The number of rotatable bonds is 10. The van der Waals surface area contributed by atoms with Crippen LogP contribution in [0.2, 0.25) is 0 Å². The van der Waals surface area contributed by atoms with E-state index in [4.69, 9.17) is 18.5 Å². The minimum Gasteiger partial charge on any atom is -0.466 e. The van der Waals surface area contributed by atoms with E-state index >= 15 is 0 Å². The predicted octanol–water partition coefficient (Wildman–Crippen LogP) is 9.90. The van der Waals surface area contributed by atoms with Crippen molar-refractivity contribution >= 4 is 67.7 Å². The Morgan fingerprint density at radius 2 is 1.06 bits per heavy atom. The average molecular weight is 699 g/mol. The Morgan fingerprint density at radius 3 is 1.48 bits per heavy atom. The van der Waals surface area contributed by atoms with E-state index in [1.165, 1.54) is 0 Å². The Morgan fingerprint density at radius 1 is 0.646 bits per heavy atom. The van der Waals surface area contributed by atoms with E-state index < -0.39 is 20.4 Å². The molecule has 6 rings (SSSR count). The van der Waals surface area contributed by atoms with Gasteiger partial charge in [-0.15, -0.1) is 0 Å². The zero-order valence-electron chi connectivity index (χ0n) is 27.0. The molecule has 0 spiro atoms. The van der Waals surface area contributed by atoms with Crippen LogP contribution >= 0.6 is 32.1 Å². The van der Waals surface area contributed by atoms with Gasteiger partial charge in [0.25, 0.3) is 0 Å². The predicted molar refractivity (Wildman–Crippen MR) is 191 cm³/mol. The Kier molecular flexibility index (Phi) is 10.6. The lowest BCUT2D eigenvalue weighted by molar-refractivity contribution is -0.145. The molecule has 4 aromatic carbocycles. The van der Waals surface area contributed by atoms with Gasteiger partial charge in [0.15, 0.2) is 0 Å². The third kappa shape index (κ3) is 7.35. The van der Waals surface area contributed by atoms with Gasteiger partial charge < -0.3 is 23.4 Å². The van der Waals surface area contributed by atoms with Gasteiger partial charge in [-0.2, -0.15) is 0 Å². The first-order valence-electron chi connectivity index (χ1n) is 15.7. The highest BCUT2D eigenvalue weighted by atomic mass is 32.2. The number of carbonyl (C=O) groups excluding carboxylic acids is 2. The fourth-order valence-electron chi connectivity index (χ4n) is 5.42. The van der Waals surface area contributed by atoms with E-state index in [-0.39, 0.29) is 11.9 Å². The lowest BCUT2D eigenvalue weighted by Crippen LogP contribution is -2.13. The summed E-state index contributed by atoms with van der Waals surface area (Å²) >= 11 is 3.19. The Hall–Kier alpha value is -4.01. The number of fused-ring (bicyclic) bond motifs is 4. The van der Waals surface area contributed by atoms with E-state index in [9.17, 15) is 14.5 Å². The van der Waals surface area contributed by atoms with Gasteiger partial charge in [0, 0.05) is 30.7 Å². The van der Waals surface area contributed by atoms with Crippen LogP contribution < -0.4 is 0 Å². The van der Waals surface area contributed by atoms with E-state index in [1.807, 2.05) is 111 Å². The average Bonchev–Trinajstić information content (AvgIpc) is 3.34. The van der Waals surface area contributed by atoms with Crippen molar-refractivity contribution in [2.45, 2.75) is 59.1 Å². The van der Waals surface area contributed by atoms with Gasteiger partial charge in [-0.05, 0) is 98.5 Å². The molecular weight excluding hydrogens is 664 g/mol.